The van der Waals surface area contributed by atoms with Gasteiger partial charge in [-0.25, -0.2) is 13.8 Å². The molecule has 0 spiro atoms. The van der Waals surface area contributed by atoms with Crippen LogP contribution in [0.1, 0.15) is 43.0 Å². The third-order valence-electron chi connectivity index (χ3n) is 5.67. The summed E-state index contributed by atoms with van der Waals surface area (Å²) in [5.41, 5.74) is 3.23. The molecule has 8 heteroatoms. The molecule has 1 N–H and O–H groups in total. The number of aromatic nitrogens is 1. The largest absolute Gasteiger partial charge is 0.355 e. The van der Waals surface area contributed by atoms with E-state index >= 15 is 0 Å². The van der Waals surface area contributed by atoms with E-state index in [2.05, 4.69) is 10.3 Å². The van der Waals surface area contributed by atoms with E-state index in [1.54, 1.807) is 12.1 Å². The summed E-state index contributed by atoms with van der Waals surface area (Å²) in [5, 5.41) is 2.88. The van der Waals surface area contributed by atoms with Crippen LogP contribution in [0.2, 0.25) is 5.02 Å². The molecule has 2 amide bonds. The topological polar surface area (TPSA) is 62.3 Å². The van der Waals surface area contributed by atoms with Gasteiger partial charge >= 0.3 is 0 Å². The Morgan fingerprint density at radius 3 is 2.69 bits per heavy atom. The van der Waals surface area contributed by atoms with E-state index in [4.69, 9.17) is 11.6 Å². The predicted molar refractivity (Wildman–Crippen MR) is 118 cm³/mol. The maximum Gasteiger partial charge on any atom is 0.259 e. The summed E-state index contributed by atoms with van der Waals surface area (Å²) in [4.78, 5) is 30.3. The second-order valence-electron chi connectivity index (χ2n) is 7.59. The van der Waals surface area contributed by atoms with Gasteiger partial charge in [0.25, 0.3) is 11.8 Å². The highest BCUT2D eigenvalue weighted by atomic mass is 35.5. The molecule has 0 fully saturated rings. The molecule has 0 saturated carbocycles. The van der Waals surface area contributed by atoms with Gasteiger partial charge in [0.1, 0.15) is 5.82 Å². The maximum absolute atomic E-state index is 14.4. The van der Waals surface area contributed by atoms with Crippen molar-refractivity contribution in [3.05, 3.63) is 92.6 Å². The first-order chi connectivity index (χ1) is 15.3. The summed E-state index contributed by atoms with van der Waals surface area (Å²) in [6.07, 6.45) is 2.22. The standard InChI is InChI=1S/C24H20ClF2N3O2/c1-13-15(10-14-5-6-17(20(27)11-14)23(31)28-2)12-18-16(21(13)25)7-9-30(24(18)32)22-19(26)4-3-8-29-22/h3-6,8,11-12H,7,9-10H2,1-2H3,(H,28,31). The number of rotatable bonds is 4. The molecule has 4 rings (SSSR count). The molecule has 0 atom stereocenters. The van der Waals surface area contributed by atoms with Crippen molar-refractivity contribution >= 4 is 29.2 Å². The van der Waals surface area contributed by atoms with Gasteiger partial charge in [0.05, 0.1) is 5.56 Å². The molecule has 1 aliphatic rings. The first-order valence-corrected chi connectivity index (χ1v) is 10.4. The monoisotopic (exact) mass is 455 g/mol. The number of carbonyl (C=O) groups excluding carboxylic acids is 2. The van der Waals surface area contributed by atoms with Crippen molar-refractivity contribution in [2.24, 2.45) is 0 Å². The van der Waals surface area contributed by atoms with Crippen molar-refractivity contribution in [3.63, 3.8) is 0 Å². The van der Waals surface area contributed by atoms with Crippen LogP contribution in [0.5, 0.6) is 0 Å². The van der Waals surface area contributed by atoms with E-state index in [-0.39, 0.29) is 23.8 Å². The Kier molecular flexibility index (Phi) is 5.93. The fourth-order valence-corrected chi connectivity index (χ4v) is 4.25. The summed E-state index contributed by atoms with van der Waals surface area (Å²) >= 11 is 6.60. The average Bonchev–Trinajstić information content (AvgIpc) is 2.78. The van der Waals surface area contributed by atoms with Gasteiger partial charge in [-0.05, 0) is 72.4 Å². The molecule has 0 unspecified atom stereocenters. The van der Waals surface area contributed by atoms with Crippen LogP contribution >= 0.6 is 11.6 Å². The van der Waals surface area contributed by atoms with Crippen molar-refractivity contribution < 1.29 is 18.4 Å². The zero-order chi connectivity index (χ0) is 23.0. The first kappa shape index (κ1) is 21.9. The molecule has 1 aromatic heterocycles. The predicted octanol–water partition coefficient (Wildman–Crippen LogP) is 4.47. The Balaban J connectivity index is 1.70. The molecular formula is C24H20ClF2N3O2. The van der Waals surface area contributed by atoms with Gasteiger partial charge in [-0.1, -0.05) is 17.7 Å². The van der Waals surface area contributed by atoms with Crippen LogP contribution in [0, 0.1) is 18.6 Å². The van der Waals surface area contributed by atoms with Gasteiger partial charge in [0.15, 0.2) is 11.6 Å². The average molecular weight is 456 g/mol. The van der Waals surface area contributed by atoms with Crippen LogP contribution in [0.3, 0.4) is 0 Å². The zero-order valence-corrected chi connectivity index (χ0v) is 18.3. The number of carbonyl (C=O) groups is 2. The van der Waals surface area contributed by atoms with Gasteiger partial charge in [-0.2, -0.15) is 0 Å². The van der Waals surface area contributed by atoms with Crippen molar-refractivity contribution in [3.8, 4) is 0 Å². The van der Waals surface area contributed by atoms with Crippen molar-refractivity contribution in [2.75, 3.05) is 18.5 Å². The molecular weight excluding hydrogens is 436 g/mol. The number of fused-ring (bicyclic) bond motifs is 1. The lowest BCUT2D eigenvalue weighted by atomic mass is 9.90. The van der Waals surface area contributed by atoms with Crippen LogP contribution < -0.4 is 10.2 Å². The highest BCUT2D eigenvalue weighted by Gasteiger charge is 2.31. The second kappa shape index (κ2) is 8.67. The molecule has 0 bridgehead atoms. The van der Waals surface area contributed by atoms with Crippen LogP contribution in [0.15, 0.2) is 42.6 Å². The lowest BCUT2D eigenvalue weighted by Crippen LogP contribution is -2.39. The zero-order valence-electron chi connectivity index (χ0n) is 17.5. The minimum Gasteiger partial charge on any atom is -0.355 e. The molecule has 5 nitrogen and oxygen atoms in total. The Bertz CT molecular complexity index is 1250. The second-order valence-corrected chi connectivity index (χ2v) is 7.96. The Morgan fingerprint density at radius 1 is 1.22 bits per heavy atom. The number of anilines is 1. The van der Waals surface area contributed by atoms with E-state index in [9.17, 15) is 18.4 Å². The molecule has 0 aliphatic carbocycles. The number of pyridine rings is 1. The van der Waals surface area contributed by atoms with Crippen LogP contribution in [0.4, 0.5) is 14.6 Å². The van der Waals surface area contributed by atoms with Gasteiger partial charge in [0.2, 0.25) is 0 Å². The number of hydrogen-bond donors (Lipinski definition) is 1. The van der Waals surface area contributed by atoms with E-state index in [0.717, 1.165) is 11.1 Å². The number of halogens is 3. The quantitative estimate of drug-likeness (QED) is 0.631. The number of amides is 2. The number of hydrogen-bond acceptors (Lipinski definition) is 3. The van der Waals surface area contributed by atoms with Crippen molar-refractivity contribution in [1.29, 1.82) is 0 Å². The summed E-state index contributed by atoms with van der Waals surface area (Å²) in [6, 6.07) is 8.85. The van der Waals surface area contributed by atoms with E-state index in [0.29, 0.717) is 34.6 Å². The third-order valence-corrected chi connectivity index (χ3v) is 6.19. The normalized spacial score (nSPS) is 13.2. The molecule has 32 heavy (non-hydrogen) atoms. The molecule has 2 aromatic carbocycles. The fraction of sp³-hybridized carbons (Fsp3) is 0.208. The number of benzene rings is 2. The van der Waals surface area contributed by atoms with E-state index in [1.807, 2.05) is 6.92 Å². The lowest BCUT2D eigenvalue weighted by molar-refractivity contribution is 0.0956. The Labute approximate surface area is 189 Å². The highest BCUT2D eigenvalue weighted by Crippen LogP contribution is 2.34. The van der Waals surface area contributed by atoms with Crippen molar-refractivity contribution in [2.45, 2.75) is 19.8 Å². The highest BCUT2D eigenvalue weighted by molar-refractivity contribution is 6.33. The maximum atomic E-state index is 14.4. The van der Waals surface area contributed by atoms with E-state index < -0.39 is 17.5 Å². The van der Waals surface area contributed by atoms with Gasteiger partial charge in [-0.15, -0.1) is 0 Å². The third kappa shape index (κ3) is 3.84. The Morgan fingerprint density at radius 2 is 2.00 bits per heavy atom. The number of nitrogens with one attached hydrogen (secondary N) is 1. The smallest absolute Gasteiger partial charge is 0.259 e. The Hall–Kier alpha value is -3.32. The lowest BCUT2D eigenvalue weighted by Gasteiger charge is -2.29. The van der Waals surface area contributed by atoms with E-state index in [1.165, 1.54) is 42.4 Å². The van der Waals surface area contributed by atoms with Crippen LogP contribution in [0.25, 0.3) is 0 Å². The van der Waals surface area contributed by atoms with Gasteiger partial charge in [-0.3, -0.25) is 14.5 Å². The summed E-state index contributed by atoms with van der Waals surface area (Å²) < 4.78 is 28.6. The summed E-state index contributed by atoms with van der Waals surface area (Å²) in [6.45, 7) is 2.12. The van der Waals surface area contributed by atoms with Crippen LogP contribution in [-0.4, -0.2) is 30.4 Å². The minimum absolute atomic E-state index is 0.0201. The molecule has 0 saturated heterocycles. The van der Waals surface area contributed by atoms with Gasteiger partial charge < -0.3 is 5.32 Å². The van der Waals surface area contributed by atoms with Crippen LogP contribution in [-0.2, 0) is 12.8 Å². The molecule has 0 radical (unpaired) electrons. The molecule has 2 heterocycles. The number of nitrogens with zero attached hydrogens (tertiary/aromatic N) is 2. The van der Waals surface area contributed by atoms with Gasteiger partial charge in [0, 0.05) is 30.4 Å². The summed E-state index contributed by atoms with van der Waals surface area (Å²) in [5.74, 6) is -2.11. The first-order valence-electron chi connectivity index (χ1n) is 10.1. The molecule has 164 valence electrons. The van der Waals surface area contributed by atoms with Crippen molar-refractivity contribution in [1.82, 2.24) is 10.3 Å². The fourth-order valence-electron chi connectivity index (χ4n) is 3.93. The minimum atomic E-state index is -0.628. The molecule has 3 aromatic rings. The molecule has 1 aliphatic heterocycles. The SMILES string of the molecule is CNC(=O)c1ccc(Cc2cc3c(c(Cl)c2C)CCN(c2ncccc2F)C3=O)cc1F. The summed E-state index contributed by atoms with van der Waals surface area (Å²) in [7, 11) is 1.44.